The Morgan fingerprint density at radius 3 is 2.33 bits per heavy atom. The van der Waals surface area contributed by atoms with E-state index in [0.717, 1.165) is 24.0 Å². The monoisotopic (exact) mass is 591 g/mol. The van der Waals surface area contributed by atoms with Gasteiger partial charge in [-0.25, -0.2) is 0 Å². The Hall–Kier alpha value is -2.89. The van der Waals surface area contributed by atoms with Crippen LogP contribution in [-0.4, -0.2) is 108 Å². The first-order valence-electron chi connectivity index (χ1n) is 14.8. The number of aliphatic hydroxyl groups excluding tert-OH is 1. The molecule has 2 saturated heterocycles. The standard InChI is InChI=1S/C31H40F3N3O5/c32-31(33,34)18-24(20-38)27(39)37-13-11-30(41,29(21-37)9-4-5-10-29)22-35-12-8-25(23-6-2-1-3-7-23)26(19-35)28(40)36-14-16-42-17-15-36/h1-3,6-8,19,24,38,41H,4-5,9-18,20-22H2/t24-,30-/m0/s1. The highest BCUT2D eigenvalue weighted by molar-refractivity contribution is 6.09. The Balaban J connectivity index is 1.38. The van der Waals surface area contributed by atoms with Gasteiger partial charge in [0.05, 0.1) is 43.3 Å². The highest BCUT2D eigenvalue weighted by Crippen LogP contribution is 2.52. The molecule has 11 heteroatoms. The molecule has 3 heterocycles. The van der Waals surface area contributed by atoms with Crippen LogP contribution in [0.3, 0.4) is 0 Å². The predicted octanol–water partition coefficient (Wildman–Crippen LogP) is 3.21. The third-order valence-electron chi connectivity index (χ3n) is 9.41. The van der Waals surface area contributed by atoms with E-state index in [-0.39, 0.29) is 32.0 Å². The largest absolute Gasteiger partial charge is 0.396 e. The first-order chi connectivity index (χ1) is 20.0. The van der Waals surface area contributed by atoms with Gasteiger partial charge in [-0.2, -0.15) is 13.2 Å². The molecule has 1 aromatic rings. The van der Waals surface area contributed by atoms with E-state index < -0.39 is 42.0 Å². The van der Waals surface area contributed by atoms with Gasteiger partial charge in [0.15, 0.2) is 0 Å². The molecule has 230 valence electrons. The predicted molar refractivity (Wildman–Crippen MR) is 150 cm³/mol. The van der Waals surface area contributed by atoms with Gasteiger partial charge in [-0.3, -0.25) is 9.59 Å². The lowest BCUT2D eigenvalue weighted by molar-refractivity contribution is -0.175. The number of benzene rings is 1. The average molecular weight is 592 g/mol. The lowest BCUT2D eigenvalue weighted by Crippen LogP contribution is -2.64. The molecule has 2 amide bonds. The molecule has 4 aliphatic rings. The fourth-order valence-corrected chi connectivity index (χ4v) is 7.12. The Kier molecular flexibility index (Phi) is 9.01. The van der Waals surface area contributed by atoms with Gasteiger partial charge in [-0.05, 0) is 30.4 Å². The van der Waals surface area contributed by atoms with Crippen LogP contribution in [0.4, 0.5) is 13.2 Å². The topological polar surface area (TPSA) is 93.6 Å². The summed E-state index contributed by atoms with van der Waals surface area (Å²) in [5.74, 6) is -2.36. The number of nitrogens with zero attached hydrogens (tertiary/aromatic N) is 3. The number of morpholine rings is 1. The van der Waals surface area contributed by atoms with Crippen LogP contribution in [-0.2, 0) is 14.3 Å². The molecular weight excluding hydrogens is 551 g/mol. The number of aliphatic hydroxyl groups is 2. The summed E-state index contributed by atoms with van der Waals surface area (Å²) in [6.07, 6.45) is 1.12. The van der Waals surface area contributed by atoms with E-state index in [1.54, 1.807) is 4.90 Å². The van der Waals surface area contributed by atoms with Crippen molar-refractivity contribution in [3.8, 4) is 0 Å². The summed E-state index contributed by atoms with van der Waals surface area (Å²) in [5.41, 5.74) is 0.432. The number of carbonyl (C=O) groups excluding carboxylic acids is 2. The van der Waals surface area contributed by atoms with Crippen molar-refractivity contribution in [1.82, 2.24) is 14.7 Å². The van der Waals surface area contributed by atoms with E-state index in [1.807, 2.05) is 47.5 Å². The molecule has 0 unspecified atom stereocenters. The number of alkyl halides is 3. The molecule has 0 bridgehead atoms. The zero-order chi connectivity index (χ0) is 30.0. The van der Waals surface area contributed by atoms with Gasteiger partial charge in [0.25, 0.3) is 5.91 Å². The van der Waals surface area contributed by atoms with Gasteiger partial charge in [-0.1, -0.05) is 49.2 Å². The number of hydrogen-bond acceptors (Lipinski definition) is 6. The van der Waals surface area contributed by atoms with Crippen LogP contribution in [0, 0.1) is 11.3 Å². The zero-order valence-electron chi connectivity index (χ0n) is 23.8. The molecule has 5 rings (SSSR count). The molecule has 1 saturated carbocycles. The summed E-state index contributed by atoms with van der Waals surface area (Å²) in [7, 11) is 0. The van der Waals surface area contributed by atoms with Gasteiger partial charge < -0.3 is 29.6 Å². The van der Waals surface area contributed by atoms with Crippen molar-refractivity contribution in [2.45, 2.75) is 50.3 Å². The maximum Gasteiger partial charge on any atom is 0.389 e. The van der Waals surface area contributed by atoms with Crippen LogP contribution in [0.15, 0.2) is 48.2 Å². The highest BCUT2D eigenvalue weighted by Gasteiger charge is 2.56. The number of hydrogen-bond donors (Lipinski definition) is 2. The summed E-state index contributed by atoms with van der Waals surface area (Å²) in [4.78, 5) is 32.0. The molecular formula is C31H40F3N3O5. The summed E-state index contributed by atoms with van der Waals surface area (Å²) in [5, 5.41) is 21.8. The van der Waals surface area contributed by atoms with Crippen molar-refractivity contribution in [3.05, 3.63) is 53.7 Å². The number of rotatable bonds is 7. The molecule has 2 atom stereocenters. The number of piperidine rings is 1. The fraction of sp³-hybridized carbons (Fsp3) is 0.613. The van der Waals surface area contributed by atoms with Crippen molar-refractivity contribution in [2.24, 2.45) is 11.3 Å². The Morgan fingerprint density at radius 1 is 1.00 bits per heavy atom. The Bertz CT molecular complexity index is 1190. The third-order valence-corrected chi connectivity index (χ3v) is 9.41. The molecule has 8 nitrogen and oxygen atoms in total. The van der Waals surface area contributed by atoms with E-state index in [9.17, 15) is 33.0 Å². The second-order valence-corrected chi connectivity index (χ2v) is 12.1. The van der Waals surface area contributed by atoms with Crippen LogP contribution in [0.1, 0.15) is 44.1 Å². The van der Waals surface area contributed by atoms with Crippen LogP contribution in [0.5, 0.6) is 0 Å². The smallest absolute Gasteiger partial charge is 0.389 e. The third kappa shape index (κ3) is 6.38. The van der Waals surface area contributed by atoms with E-state index >= 15 is 0 Å². The van der Waals surface area contributed by atoms with E-state index in [0.29, 0.717) is 51.3 Å². The second-order valence-electron chi connectivity index (χ2n) is 12.1. The van der Waals surface area contributed by atoms with Crippen molar-refractivity contribution in [2.75, 3.05) is 59.1 Å². The summed E-state index contributed by atoms with van der Waals surface area (Å²) in [6, 6.07) is 9.71. The maximum atomic E-state index is 13.7. The average Bonchev–Trinajstić information content (AvgIpc) is 3.47. The fourth-order valence-electron chi connectivity index (χ4n) is 7.12. The Labute approximate surface area is 244 Å². The number of carbonyl (C=O) groups is 2. The minimum Gasteiger partial charge on any atom is -0.396 e. The molecule has 1 aliphatic carbocycles. The molecule has 3 fully saturated rings. The van der Waals surface area contributed by atoms with Gasteiger partial charge in [0.2, 0.25) is 5.91 Å². The van der Waals surface area contributed by atoms with Crippen molar-refractivity contribution >= 4 is 17.4 Å². The summed E-state index contributed by atoms with van der Waals surface area (Å²) < 4.78 is 44.7. The molecule has 3 aliphatic heterocycles. The van der Waals surface area contributed by atoms with Crippen molar-refractivity contribution in [1.29, 1.82) is 0 Å². The maximum absolute atomic E-state index is 13.7. The first-order valence-corrected chi connectivity index (χ1v) is 14.8. The van der Waals surface area contributed by atoms with Crippen LogP contribution in [0.2, 0.25) is 0 Å². The van der Waals surface area contributed by atoms with E-state index in [2.05, 4.69) is 0 Å². The zero-order valence-corrected chi connectivity index (χ0v) is 23.8. The first kappa shape index (κ1) is 30.6. The molecule has 2 N–H and O–H groups in total. The lowest BCUT2D eigenvalue weighted by atomic mass is 9.65. The number of likely N-dealkylation sites (tertiary alicyclic amines) is 1. The van der Waals surface area contributed by atoms with Crippen molar-refractivity contribution < 1.29 is 37.7 Å². The van der Waals surface area contributed by atoms with Crippen LogP contribution in [0.25, 0.3) is 5.57 Å². The molecule has 0 aromatic heterocycles. The number of amides is 2. The van der Waals surface area contributed by atoms with Gasteiger partial charge in [0.1, 0.15) is 0 Å². The van der Waals surface area contributed by atoms with E-state index in [1.165, 1.54) is 4.90 Å². The van der Waals surface area contributed by atoms with Gasteiger partial charge in [-0.15, -0.1) is 0 Å². The molecule has 1 aromatic carbocycles. The number of ether oxygens (including phenoxy) is 1. The SMILES string of the molecule is O=C(C1=CN(C[C@@]2(O)CCN(C(=O)[C@H](CO)CC(F)(F)F)CC23CCCC3)CC=C1c1ccccc1)N1CCOCC1. The van der Waals surface area contributed by atoms with Gasteiger partial charge >= 0.3 is 6.18 Å². The minimum atomic E-state index is -4.56. The highest BCUT2D eigenvalue weighted by atomic mass is 19.4. The molecule has 42 heavy (non-hydrogen) atoms. The van der Waals surface area contributed by atoms with E-state index in [4.69, 9.17) is 4.74 Å². The molecule has 1 spiro atoms. The van der Waals surface area contributed by atoms with Crippen molar-refractivity contribution in [3.63, 3.8) is 0 Å². The lowest BCUT2D eigenvalue weighted by Gasteiger charge is -2.54. The second kappa shape index (κ2) is 12.4. The Morgan fingerprint density at radius 2 is 1.69 bits per heavy atom. The number of β-amino-alcohol motifs (C(OH)–C–C–N with tert-alkyl or cyclic N) is 1. The van der Waals surface area contributed by atoms with Crippen LogP contribution < -0.4 is 0 Å². The number of halogens is 3. The normalized spacial score (nSPS) is 25.3. The minimum absolute atomic E-state index is 0.0965. The van der Waals surface area contributed by atoms with Crippen LogP contribution >= 0.6 is 0 Å². The quantitative estimate of drug-likeness (QED) is 0.506. The summed E-state index contributed by atoms with van der Waals surface area (Å²) >= 11 is 0. The van der Waals surface area contributed by atoms with Gasteiger partial charge in [0, 0.05) is 50.9 Å². The summed E-state index contributed by atoms with van der Waals surface area (Å²) in [6.45, 7) is 2.04. The molecule has 0 radical (unpaired) electrons.